The monoisotopic (exact) mass is 252 g/mol. The molecule has 1 aromatic heterocycles. The van der Waals surface area contributed by atoms with Gasteiger partial charge in [0.1, 0.15) is 5.01 Å². The van der Waals surface area contributed by atoms with Crippen LogP contribution in [0.5, 0.6) is 0 Å². The van der Waals surface area contributed by atoms with E-state index < -0.39 is 0 Å². The molecule has 1 saturated heterocycles. The minimum atomic E-state index is 0.0678. The molecule has 3 nitrogen and oxygen atoms in total. The van der Waals surface area contributed by atoms with E-state index in [2.05, 4.69) is 24.5 Å². The van der Waals surface area contributed by atoms with Crippen molar-refractivity contribution in [1.82, 2.24) is 10.3 Å². The molecule has 0 amide bonds. The van der Waals surface area contributed by atoms with Gasteiger partial charge in [0.25, 0.3) is 0 Å². The fourth-order valence-electron chi connectivity index (χ4n) is 2.63. The van der Waals surface area contributed by atoms with Gasteiger partial charge in [0.05, 0.1) is 12.1 Å². The third kappa shape index (κ3) is 2.14. The summed E-state index contributed by atoms with van der Waals surface area (Å²) in [7, 11) is 0. The highest BCUT2D eigenvalue weighted by Gasteiger charge is 2.45. The lowest BCUT2D eigenvalue weighted by Crippen LogP contribution is -2.53. The molecule has 0 radical (unpaired) electrons. The van der Waals surface area contributed by atoms with Crippen molar-refractivity contribution in [3.05, 3.63) is 16.1 Å². The lowest BCUT2D eigenvalue weighted by Gasteiger charge is -2.42. The number of hydrogen-bond donors (Lipinski definition) is 1. The first kappa shape index (κ1) is 11.6. The Hall–Kier alpha value is -0.450. The Kier molecular flexibility index (Phi) is 2.97. The van der Waals surface area contributed by atoms with E-state index in [0.29, 0.717) is 12.0 Å². The molecule has 1 saturated carbocycles. The first-order valence-electron chi connectivity index (χ1n) is 6.49. The van der Waals surface area contributed by atoms with Gasteiger partial charge in [-0.2, -0.15) is 0 Å². The Morgan fingerprint density at radius 2 is 2.35 bits per heavy atom. The largest absolute Gasteiger partial charge is 0.381 e. The van der Waals surface area contributed by atoms with Gasteiger partial charge in [-0.1, -0.05) is 6.92 Å². The van der Waals surface area contributed by atoms with Crippen LogP contribution in [-0.2, 0) is 10.3 Å². The number of nitrogens with zero attached hydrogens (tertiary/aromatic N) is 1. The molecule has 0 spiro atoms. The molecule has 2 atom stereocenters. The van der Waals surface area contributed by atoms with Gasteiger partial charge in [0, 0.05) is 29.6 Å². The molecule has 1 aromatic rings. The van der Waals surface area contributed by atoms with Gasteiger partial charge in [-0.3, -0.25) is 0 Å². The lowest BCUT2D eigenvalue weighted by atomic mass is 9.81. The molecule has 4 heteroatoms. The lowest BCUT2D eigenvalue weighted by molar-refractivity contribution is -0.0102. The Labute approximate surface area is 107 Å². The molecule has 1 N–H and O–H groups in total. The van der Waals surface area contributed by atoms with Crippen molar-refractivity contribution in [3.63, 3.8) is 0 Å². The molecule has 1 aliphatic heterocycles. The van der Waals surface area contributed by atoms with Crippen molar-refractivity contribution < 1.29 is 4.74 Å². The normalized spacial score (nSPS) is 33.9. The van der Waals surface area contributed by atoms with Gasteiger partial charge in [-0.15, -0.1) is 11.3 Å². The molecule has 3 rings (SSSR count). The highest BCUT2D eigenvalue weighted by molar-refractivity contribution is 7.09. The summed E-state index contributed by atoms with van der Waals surface area (Å²) in [6.07, 6.45) is 3.69. The van der Waals surface area contributed by atoms with Gasteiger partial charge < -0.3 is 10.1 Å². The summed E-state index contributed by atoms with van der Waals surface area (Å²) in [5, 5.41) is 7.28. The van der Waals surface area contributed by atoms with Gasteiger partial charge in [0.15, 0.2) is 0 Å². The summed E-state index contributed by atoms with van der Waals surface area (Å²) in [4.78, 5) is 4.74. The van der Waals surface area contributed by atoms with Crippen molar-refractivity contribution in [2.24, 2.45) is 5.92 Å². The molecule has 0 bridgehead atoms. The zero-order chi connectivity index (χ0) is 11.9. The van der Waals surface area contributed by atoms with Gasteiger partial charge in [-0.25, -0.2) is 4.98 Å². The SMILES string of the molecule is Cc1csc(C2(NC3CC3)CCOCC2C)n1. The van der Waals surface area contributed by atoms with Crippen LogP contribution in [0.15, 0.2) is 5.38 Å². The maximum Gasteiger partial charge on any atom is 0.113 e. The van der Waals surface area contributed by atoms with Crippen molar-refractivity contribution in [2.45, 2.75) is 44.7 Å². The first-order valence-corrected chi connectivity index (χ1v) is 7.37. The molecular weight excluding hydrogens is 232 g/mol. The smallest absolute Gasteiger partial charge is 0.113 e. The highest BCUT2D eigenvalue weighted by atomic mass is 32.1. The molecule has 94 valence electrons. The Morgan fingerprint density at radius 1 is 1.53 bits per heavy atom. The maximum absolute atomic E-state index is 5.60. The summed E-state index contributed by atoms with van der Waals surface area (Å²) in [5.74, 6) is 0.502. The van der Waals surface area contributed by atoms with E-state index in [1.807, 2.05) is 0 Å². The van der Waals surface area contributed by atoms with Crippen LogP contribution in [0, 0.1) is 12.8 Å². The van der Waals surface area contributed by atoms with Crippen LogP contribution in [-0.4, -0.2) is 24.2 Å². The molecule has 0 aromatic carbocycles. The number of nitrogens with one attached hydrogen (secondary N) is 1. The fraction of sp³-hybridized carbons (Fsp3) is 0.769. The fourth-order valence-corrected chi connectivity index (χ4v) is 3.73. The third-order valence-corrected chi connectivity index (χ3v) is 5.03. The van der Waals surface area contributed by atoms with Gasteiger partial charge in [0.2, 0.25) is 0 Å². The number of ether oxygens (including phenoxy) is 1. The number of hydrogen-bond acceptors (Lipinski definition) is 4. The van der Waals surface area contributed by atoms with Gasteiger partial charge >= 0.3 is 0 Å². The van der Waals surface area contributed by atoms with Crippen LogP contribution in [0.4, 0.5) is 0 Å². The van der Waals surface area contributed by atoms with E-state index >= 15 is 0 Å². The molecule has 1 aliphatic carbocycles. The standard InChI is InChI=1S/C13H20N2OS/c1-9-7-16-6-5-13(9,15-11-3-4-11)12-14-10(2)8-17-12/h8-9,11,15H,3-7H2,1-2H3. The first-order chi connectivity index (χ1) is 8.21. The van der Waals surface area contributed by atoms with Crippen LogP contribution in [0.3, 0.4) is 0 Å². The summed E-state index contributed by atoms with van der Waals surface area (Å²) in [6.45, 7) is 6.06. The van der Waals surface area contributed by atoms with E-state index in [1.54, 1.807) is 11.3 Å². The average molecular weight is 252 g/mol. The van der Waals surface area contributed by atoms with E-state index in [4.69, 9.17) is 9.72 Å². The Balaban J connectivity index is 1.93. The summed E-state index contributed by atoms with van der Waals surface area (Å²) >= 11 is 1.80. The number of aryl methyl sites for hydroxylation is 1. The Morgan fingerprint density at radius 3 is 2.94 bits per heavy atom. The number of rotatable bonds is 3. The zero-order valence-electron chi connectivity index (χ0n) is 10.5. The summed E-state index contributed by atoms with van der Waals surface area (Å²) in [5.41, 5.74) is 1.21. The van der Waals surface area contributed by atoms with Crippen molar-refractivity contribution in [1.29, 1.82) is 0 Å². The molecule has 2 heterocycles. The minimum absolute atomic E-state index is 0.0678. The highest BCUT2D eigenvalue weighted by Crippen LogP contribution is 2.40. The second-order valence-corrected chi connectivity index (χ2v) is 6.27. The molecule has 2 fully saturated rings. The van der Waals surface area contributed by atoms with E-state index in [0.717, 1.165) is 25.3 Å². The molecule has 2 unspecified atom stereocenters. The maximum atomic E-state index is 5.60. The molecular formula is C13H20N2OS. The Bertz CT molecular complexity index is 402. The van der Waals surface area contributed by atoms with Crippen LogP contribution in [0.1, 0.15) is 36.9 Å². The van der Waals surface area contributed by atoms with Crippen molar-refractivity contribution in [3.8, 4) is 0 Å². The molecule has 17 heavy (non-hydrogen) atoms. The second-order valence-electron chi connectivity index (χ2n) is 5.41. The third-order valence-electron chi connectivity index (χ3n) is 3.89. The van der Waals surface area contributed by atoms with Crippen molar-refractivity contribution in [2.75, 3.05) is 13.2 Å². The van der Waals surface area contributed by atoms with Gasteiger partial charge in [-0.05, 0) is 26.2 Å². The zero-order valence-corrected chi connectivity index (χ0v) is 11.3. The van der Waals surface area contributed by atoms with Crippen LogP contribution >= 0.6 is 11.3 Å². The quantitative estimate of drug-likeness (QED) is 0.897. The summed E-state index contributed by atoms with van der Waals surface area (Å²) < 4.78 is 5.60. The van der Waals surface area contributed by atoms with Crippen LogP contribution in [0.25, 0.3) is 0 Å². The van der Waals surface area contributed by atoms with E-state index in [1.165, 1.54) is 17.8 Å². The molecule has 2 aliphatic rings. The van der Waals surface area contributed by atoms with Crippen LogP contribution < -0.4 is 5.32 Å². The number of thiazole rings is 1. The predicted molar refractivity (Wildman–Crippen MR) is 69.3 cm³/mol. The number of aromatic nitrogens is 1. The van der Waals surface area contributed by atoms with E-state index in [9.17, 15) is 0 Å². The van der Waals surface area contributed by atoms with E-state index in [-0.39, 0.29) is 5.54 Å². The van der Waals surface area contributed by atoms with Crippen LogP contribution in [0.2, 0.25) is 0 Å². The summed E-state index contributed by atoms with van der Waals surface area (Å²) in [6, 6.07) is 0.708. The predicted octanol–water partition coefficient (Wildman–Crippen LogP) is 2.46. The topological polar surface area (TPSA) is 34.1 Å². The average Bonchev–Trinajstić information content (AvgIpc) is 3.02. The minimum Gasteiger partial charge on any atom is -0.381 e. The second kappa shape index (κ2) is 4.34. The van der Waals surface area contributed by atoms with Crippen molar-refractivity contribution >= 4 is 11.3 Å².